The third-order valence-electron chi connectivity index (χ3n) is 4.99. The van der Waals surface area contributed by atoms with Crippen molar-refractivity contribution in [2.45, 2.75) is 45.4 Å². The van der Waals surface area contributed by atoms with Crippen LogP contribution < -0.4 is 4.74 Å². The number of carboxylic acid groups (broad SMARTS) is 1. The molecular formula is C16H22O3. The lowest BCUT2D eigenvalue weighted by Gasteiger charge is -2.39. The monoisotopic (exact) mass is 262 g/mol. The zero-order valence-corrected chi connectivity index (χ0v) is 12.1. The topological polar surface area (TPSA) is 46.5 Å². The van der Waals surface area contributed by atoms with Gasteiger partial charge in [0.2, 0.25) is 0 Å². The number of hydrogen-bond acceptors (Lipinski definition) is 2. The van der Waals surface area contributed by atoms with E-state index in [1.807, 2.05) is 26.0 Å². The maximum absolute atomic E-state index is 11.8. The molecule has 1 aliphatic carbocycles. The van der Waals surface area contributed by atoms with Gasteiger partial charge in [-0.2, -0.15) is 0 Å². The number of rotatable bonds is 3. The fourth-order valence-corrected chi connectivity index (χ4v) is 3.38. The van der Waals surface area contributed by atoms with Gasteiger partial charge in [0.1, 0.15) is 5.75 Å². The molecule has 2 rings (SSSR count). The molecule has 1 saturated carbocycles. The number of benzene rings is 1. The van der Waals surface area contributed by atoms with Gasteiger partial charge in [-0.25, -0.2) is 0 Å². The van der Waals surface area contributed by atoms with E-state index in [2.05, 4.69) is 13.0 Å². The molecule has 3 heteroatoms. The third kappa shape index (κ3) is 1.92. The summed E-state index contributed by atoms with van der Waals surface area (Å²) in [4.78, 5) is 11.8. The van der Waals surface area contributed by atoms with Crippen LogP contribution in [0.5, 0.6) is 5.75 Å². The maximum atomic E-state index is 11.8. The second kappa shape index (κ2) is 4.55. The lowest BCUT2D eigenvalue weighted by atomic mass is 9.63. The van der Waals surface area contributed by atoms with Gasteiger partial charge in [-0.3, -0.25) is 4.79 Å². The molecule has 0 radical (unpaired) electrons. The van der Waals surface area contributed by atoms with Gasteiger partial charge in [0.05, 0.1) is 12.5 Å². The van der Waals surface area contributed by atoms with E-state index in [0.717, 1.165) is 36.1 Å². The summed E-state index contributed by atoms with van der Waals surface area (Å²) in [6.45, 7) is 5.95. The highest BCUT2D eigenvalue weighted by Gasteiger charge is 2.55. The van der Waals surface area contributed by atoms with Crippen LogP contribution in [0.15, 0.2) is 18.2 Å². The quantitative estimate of drug-likeness (QED) is 0.906. The van der Waals surface area contributed by atoms with Gasteiger partial charge in [0, 0.05) is 11.0 Å². The summed E-state index contributed by atoms with van der Waals surface area (Å²) in [7, 11) is 1.64. The Labute approximate surface area is 114 Å². The molecule has 1 aliphatic rings. The van der Waals surface area contributed by atoms with E-state index >= 15 is 0 Å². The lowest BCUT2D eigenvalue weighted by Crippen LogP contribution is -2.43. The largest absolute Gasteiger partial charge is 0.496 e. The van der Waals surface area contributed by atoms with Crippen molar-refractivity contribution in [2.24, 2.45) is 5.41 Å². The summed E-state index contributed by atoms with van der Waals surface area (Å²) in [5, 5.41) is 9.66. The minimum atomic E-state index is -0.728. The number of carbonyl (C=O) groups is 1. The molecule has 1 aromatic carbocycles. The normalized spacial score (nSPS) is 30.3. The number of methoxy groups -OCH3 is 1. The van der Waals surface area contributed by atoms with E-state index in [1.165, 1.54) is 0 Å². The Balaban J connectivity index is 2.62. The van der Waals surface area contributed by atoms with Crippen LogP contribution in [-0.4, -0.2) is 18.2 Å². The molecule has 104 valence electrons. The number of aliphatic carboxylic acids is 1. The minimum absolute atomic E-state index is 0.379. The first-order valence-electron chi connectivity index (χ1n) is 6.74. The Morgan fingerprint density at radius 3 is 2.58 bits per heavy atom. The molecule has 1 aromatic rings. The average molecular weight is 262 g/mol. The molecule has 0 spiro atoms. The van der Waals surface area contributed by atoms with Gasteiger partial charge in [0.15, 0.2) is 0 Å². The third-order valence-corrected chi connectivity index (χ3v) is 4.99. The van der Waals surface area contributed by atoms with E-state index in [4.69, 9.17) is 4.74 Å². The predicted octanol–water partition coefficient (Wildman–Crippen LogP) is 3.54. The van der Waals surface area contributed by atoms with Gasteiger partial charge in [0.25, 0.3) is 0 Å². The van der Waals surface area contributed by atoms with Crippen molar-refractivity contribution < 1.29 is 14.6 Å². The van der Waals surface area contributed by atoms with Gasteiger partial charge in [-0.15, -0.1) is 0 Å². The zero-order valence-electron chi connectivity index (χ0n) is 12.1. The van der Waals surface area contributed by atoms with Crippen LogP contribution in [-0.2, 0) is 10.2 Å². The molecule has 0 heterocycles. The zero-order chi connectivity index (χ0) is 14.3. The molecule has 2 atom stereocenters. The summed E-state index contributed by atoms with van der Waals surface area (Å²) in [6.07, 6.45) is 2.54. The maximum Gasteiger partial charge on any atom is 0.310 e. The molecule has 0 aromatic heterocycles. The van der Waals surface area contributed by atoms with E-state index in [1.54, 1.807) is 7.11 Å². The van der Waals surface area contributed by atoms with Crippen molar-refractivity contribution >= 4 is 5.97 Å². The fourth-order valence-electron chi connectivity index (χ4n) is 3.38. The SMILES string of the molecule is COc1ccc(C)cc1[C@@]1(C)CCC[C@]1(C)C(=O)O. The van der Waals surface area contributed by atoms with E-state index in [0.29, 0.717) is 0 Å². The summed E-state index contributed by atoms with van der Waals surface area (Å²) >= 11 is 0. The van der Waals surface area contributed by atoms with Crippen molar-refractivity contribution in [3.63, 3.8) is 0 Å². The summed E-state index contributed by atoms with van der Waals surface area (Å²) < 4.78 is 5.46. The highest BCUT2D eigenvalue weighted by molar-refractivity contribution is 5.77. The van der Waals surface area contributed by atoms with Crippen molar-refractivity contribution in [1.29, 1.82) is 0 Å². The average Bonchev–Trinajstić information content (AvgIpc) is 2.68. The second-order valence-corrected chi connectivity index (χ2v) is 6.03. The van der Waals surface area contributed by atoms with Crippen LogP contribution in [0.1, 0.15) is 44.2 Å². The number of aryl methyl sites for hydroxylation is 1. The standard InChI is InChI=1S/C16H22O3/c1-11-6-7-13(19-4)12(10-11)15(2)8-5-9-16(15,3)14(17)18/h6-7,10H,5,8-9H2,1-4H3,(H,17,18)/t15-,16-/m1/s1. The number of ether oxygens (including phenoxy) is 1. The Kier molecular flexibility index (Phi) is 3.33. The molecule has 1 N–H and O–H groups in total. The van der Waals surface area contributed by atoms with E-state index in [-0.39, 0.29) is 5.41 Å². The van der Waals surface area contributed by atoms with Gasteiger partial charge >= 0.3 is 5.97 Å². The Hall–Kier alpha value is -1.51. The molecule has 19 heavy (non-hydrogen) atoms. The van der Waals surface area contributed by atoms with E-state index < -0.39 is 11.4 Å². The Morgan fingerprint density at radius 1 is 1.32 bits per heavy atom. The van der Waals surface area contributed by atoms with Crippen molar-refractivity contribution in [3.8, 4) is 5.75 Å². The van der Waals surface area contributed by atoms with Crippen LogP contribution in [0.2, 0.25) is 0 Å². The second-order valence-electron chi connectivity index (χ2n) is 6.03. The lowest BCUT2D eigenvalue weighted by molar-refractivity contribution is -0.150. The van der Waals surface area contributed by atoms with Crippen molar-refractivity contribution in [2.75, 3.05) is 7.11 Å². The predicted molar refractivity (Wildman–Crippen MR) is 74.7 cm³/mol. The molecule has 0 amide bonds. The first-order valence-corrected chi connectivity index (χ1v) is 6.74. The molecule has 0 saturated heterocycles. The molecular weight excluding hydrogens is 240 g/mol. The van der Waals surface area contributed by atoms with E-state index in [9.17, 15) is 9.90 Å². The Bertz CT molecular complexity index is 509. The first-order chi connectivity index (χ1) is 8.85. The van der Waals surface area contributed by atoms with Crippen LogP contribution in [0, 0.1) is 12.3 Å². The summed E-state index contributed by atoms with van der Waals surface area (Å²) in [6, 6.07) is 6.01. The number of hydrogen-bond donors (Lipinski definition) is 1. The van der Waals surface area contributed by atoms with Crippen LogP contribution in [0.4, 0.5) is 0 Å². The highest BCUT2D eigenvalue weighted by atomic mass is 16.5. The molecule has 0 bridgehead atoms. The van der Waals surface area contributed by atoms with Gasteiger partial charge < -0.3 is 9.84 Å². The van der Waals surface area contributed by atoms with Gasteiger partial charge in [-0.1, -0.05) is 31.0 Å². The molecule has 1 fully saturated rings. The molecule has 3 nitrogen and oxygen atoms in total. The van der Waals surface area contributed by atoms with Crippen LogP contribution in [0.25, 0.3) is 0 Å². The molecule has 0 unspecified atom stereocenters. The highest BCUT2D eigenvalue weighted by Crippen LogP contribution is 2.56. The van der Waals surface area contributed by atoms with Crippen molar-refractivity contribution in [1.82, 2.24) is 0 Å². The van der Waals surface area contributed by atoms with Crippen LogP contribution in [0.3, 0.4) is 0 Å². The first kappa shape index (κ1) is 13.9. The number of carboxylic acids is 1. The summed E-state index contributed by atoms with van der Waals surface area (Å²) in [5.41, 5.74) is 1.05. The van der Waals surface area contributed by atoms with Gasteiger partial charge in [-0.05, 0) is 32.8 Å². The Morgan fingerprint density at radius 2 is 2.00 bits per heavy atom. The van der Waals surface area contributed by atoms with Crippen molar-refractivity contribution in [3.05, 3.63) is 29.3 Å². The minimum Gasteiger partial charge on any atom is -0.496 e. The molecule has 0 aliphatic heterocycles. The smallest absolute Gasteiger partial charge is 0.310 e. The summed E-state index contributed by atoms with van der Waals surface area (Å²) in [5.74, 6) is 0.0820. The van der Waals surface area contributed by atoms with Crippen LogP contribution >= 0.6 is 0 Å². The fraction of sp³-hybridized carbons (Fsp3) is 0.562.